The standard InChI is InChI=1S/C30H37F3O4/c1-19-12-15-25-27(2,3)16-9-17-28(25,4)22(19)18-21-23(34)13-14-24(21)37-26(35)29(36-5,30(31,32)33)20-10-7-6-8-11-20/h6-8,10-14,21-22,24-25H,9,15-18H2,1-5H3/t21-,22-,24-,25-,28+,29-/m0/s1. The first-order valence-corrected chi connectivity index (χ1v) is 13.0. The van der Waals surface area contributed by atoms with Gasteiger partial charge in [-0.05, 0) is 67.4 Å². The topological polar surface area (TPSA) is 52.6 Å². The molecule has 3 aliphatic carbocycles. The molecule has 0 amide bonds. The van der Waals surface area contributed by atoms with Gasteiger partial charge in [0.15, 0.2) is 5.78 Å². The van der Waals surface area contributed by atoms with Gasteiger partial charge in [0, 0.05) is 12.7 Å². The van der Waals surface area contributed by atoms with Gasteiger partial charge in [-0.15, -0.1) is 0 Å². The number of ether oxygens (including phenoxy) is 2. The molecule has 1 aromatic rings. The van der Waals surface area contributed by atoms with Crippen molar-refractivity contribution in [3.8, 4) is 0 Å². The number of hydrogen-bond donors (Lipinski definition) is 0. The minimum atomic E-state index is -5.07. The van der Waals surface area contributed by atoms with Crippen molar-refractivity contribution in [3.05, 3.63) is 59.7 Å². The zero-order valence-corrected chi connectivity index (χ0v) is 22.2. The number of ketones is 1. The van der Waals surface area contributed by atoms with E-state index in [2.05, 4.69) is 33.8 Å². The first-order valence-electron chi connectivity index (χ1n) is 13.0. The summed E-state index contributed by atoms with van der Waals surface area (Å²) in [4.78, 5) is 26.2. The highest BCUT2D eigenvalue weighted by Gasteiger charge is 2.64. The largest absolute Gasteiger partial charge is 0.455 e. The van der Waals surface area contributed by atoms with Gasteiger partial charge in [-0.2, -0.15) is 13.2 Å². The minimum Gasteiger partial charge on any atom is -0.455 e. The van der Waals surface area contributed by atoms with Crippen LogP contribution in [0.2, 0.25) is 0 Å². The molecule has 0 aliphatic heterocycles. The summed E-state index contributed by atoms with van der Waals surface area (Å²) in [7, 11) is 0.844. The van der Waals surface area contributed by atoms with Gasteiger partial charge in [0.1, 0.15) is 6.10 Å². The lowest BCUT2D eigenvalue weighted by molar-refractivity contribution is -0.278. The van der Waals surface area contributed by atoms with E-state index < -0.39 is 29.8 Å². The summed E-state index contributed by atoms with van der Waals surface area (Å²) in [5.41, 5.74) is -2.33. The second kappa shape index (κ2) is 9.72. The fraction of sp³-hybridized carbons (Fsp3) is 0.600. The fourth-order valence-corrected chi connectivity index (χ4v) is 7.42. The van der Waals surface area contributed by atoms with Gasteiger partial charge in [-0.25, -0.2) is 4.79 Å². The molecule has 37 heavy (non-hydrogen) atoms. The third kappa shape index (κ3) is 4.58. The van der Waals surface area contributed by atoms with E-state index in [1.807, 2.05) is 0 Å². The minimum absolute atomic E-state index is 0.0374. The Morgan fingerprint density at radius 1 is 1.11 bits per heavy atom. The SMILES string of the molecule is CO[C@](C(=O)O[C@H]1C=CC(=O)[C@@H]1C[C@H]1C(C)=CC[C@H]2C(C)(C)CCC[C@]12C)(c1ccccc1)C(F)(F)F. The molecule has 0 N–H and O–H groups in total. The molecule has 6 atom stereocenters. The smallest absolute Gasteiger partial charge is 0.432 e. The third-order valence-electron chi connectivity index (χ3n) is 9.42. The van der Waals surface area contributed by atoms with Crippen molar-refractivity contribution in [2.45, 2.75) is 77.7 Å². The van der Waals surface area contributed by atoms with Crippen LogP contribution < -0.4 is 0 Å². The molecule has 0 spiro atoms. The van der Waals surface area contributed by atoms with Crippen LogP contribution in [0.1, 0.15) is 65.4 Å². The molecule has 1 fully saturated rings. The van der Waals surface area contributed by atoms with Crippen LogP contribution in [0.25, 0.3) is 0 Å². The number of carbonyl (C=O) groups is 2. The van der Waals surface area contributed by atoms with Crippen LogP contribution in [-0.2, 0) is 24.7 Å². The molecule has 0 bridgehead atoms. The Balaban J connectivity index is 1.62. The molecule has 0 radical (unpaired) electrons. The van der Waals surface area contributed by atoms with Crippen molar-refractivity contribution < 1.29 is 32.2 Å². The summed E-state index contributed by atoms with van der Waals surface area (Å²) >= 11 is 0. The van der Waals surface area contributed by atoms with Crippen LogP contribution in [0.3, 0.4) is 0 Å². The predicted molar refractivity (Wildman–Crippen MR) is 134 cm³/mol. The molecule has 0 aromatic heterocycles. The number of rotatable bonds is 6. The first kappa shape index (κ1) is 27.6. The van der Waals surface area contributed by atoms with Crippen LogP contribution in [0.5, 0.6) is 0 Å². The molecular formula is C30H37F3O4. The van der Waals surface area contributed by atoms with Gasteiger partial charge in [0.25, 0.3) is 5.60 Å². The molecular weight excluding hydrogens is 481 g/mol. The molecule has 4 nitrogen and oxygen atoms in total. The number of methoxy groups -OCH3 is 1. The maximum Gasteiger partial charge on any atom is 0.432 e. The molecule has 3 aliphatic rings. The first-order chi connectivity index (χ1) is 17.3. The summed E-state index contributed by atoms with van der Waals surface area (Å²) in [6, 6.07) is 6.75. The van der Waals surface area contributed by atoms with Gasteiger partial charge in [0.05, 0.1) is 5.92 Å². The maximum absolute atomic E-state index is 14.4. The Morgan fingerprint density at radius 2 is 1.78 bits per heavy atom. The summed E-state index contributed by atoms with van der Waals surface area (Å²) < 4.78 is 53.5. The summed E-state index contributed by atoms with van der Waals surface area (Å²) in [6.45, 7) is 8.98. The lowest BCUT2D eigenvalue weighted by atomic mass is 9.48. The number of halogens is 3. The lowest BCUT2D eigenvalue weighted by Gasteiger charge is -2.57. The summed E-state index contributed by atoms with van der Waals surface area (Å²) in [6.07, 6.45) is 3.53. The van der Waals surface area contributed by atoms with Crippen LogP contribution in [-0.4, -0.2) is 31.1 Å². The maximum atomic E-state index is 14.4. The van der Waals surface area contributed by atoms with Gasteiger partial charge in [-0.1, -0.05) is 69.2 Å². The average Bonchev–Trinajstić information content (AvgIpc) is 3.15. The number of allylic oxidation sites excluding steroid dienone is 3. The predicted octanol–water partition coefficient (Wildman–Crippen LogP) is 6.95. The van der Waals surface area contributed by atoms with Crippen molar-refractivity contribution >= 4 is 11.8 Å². The van der Waals surface area contributed by atoms with Crippen LogP contribution >= 0.6 is 0 Å². The molecule has 0 heterocycles. The Kier molecular flexibility index (Phi) is 7.25. The van der Waals surface area contributed by atoms with E-state index in [9.17, 15) is 22.8 Å². The highest BCUT2D eigenvalue weighted by Crippen LogP contribution is 2.61. The average molecular weight is 519 g/mol. The van der Waals surface area contributed by atoms with Crippen LogP contribution in [0.4, 0.5) is 13.2 Å². The van der Waals surface area contributed by atoms with E-state index in [-0.39, 0.29) is 28.1 Å². The monoisotopic (exact) mass is 518 g/mol. The number of carbonyl (C=O) groups excluding carboxylic acids is 2. The molecule has 4 rings (SSSR count). The van der Waals surface area contributed by atoms with Gasteiger partial charge < -0.3 is 9.47 Å². The molecule has 0 saturated heterocycles. The zero-order chi connectivity index (χ0) is 27.2. The lowest BCUT2D eigenvalue weighted by Crippen LogP contribution is -2.53. The third-order valence-corrected chi connectivity index (χ3v) is 9.42. The van der Waals surface area contributed by atoms with Crippen molar-refractivity contribution in [2.24, 2.45) is 28.6 Å². The molecule has 7 heteroatoms. The Bertz CT molecular complexity index is 1090. The van der Waals surface area contributed by atoms with E-state index in [1.54, 1.807) is 6.07 Å². The highest BCUT2D eigenvalue weighted by molar-refractivity contribution is 5.95. The number of benzene rings is 1. The normalized spacial score (nSPS) is 32.9. The Hall–Kier alpha value is -2.41. The summed E-state index contributed by atoms with van der Waals surface area (Å²) in [5.74, 6) is -2.01. The van der Waals surface area contributed by atoms with Crippen molar-refractivity contribution in [2.75, 3.05) is 7.11 Å². The van der Waals surface area contributed by atoms with Crippen molar-refractivity contribution in [3.63, 3.8) is 0 Å². The van der Waals surface area contributed by atoms with E-state index in [0.29, 0.717) is 12.3 Å². The number of alkyl halides is 3. The second-order valence-electron chi connectivity index (χ2n) is 11.9. The number of hydrogen-bond acceptors (Lipinski definition) is 4. The van der Waals surface area contributed by atoms with Crippen LogP contribution in [0.15, 0.2) is 54.1 Å². The highest BCUT2D eigenvalue weighted by atomic mass is 19.4. The van der Waals surface area contributed by atoms with Crippen molar-refractivity contribution in [1.29, 1.82) is 0 Å². The van der Waals surface area contributed by atoms with Crippen molar-refractivity contribution in [1.82, 2.24) is 0 Å². The molecule has 1 saturated carbocycles. The quantitative estimate of drug-likeness (QED) is 0.302. The second-order valence-corrected chi connectivity index (χ2v) is 11.9. The fourth-order valence-electron chi connectivity index (χ4n) is 7.42. The number of esters is 1. The molecule has 202 valence electrons. The van der Waals surface area contributed by atoms with Gasteiger partial charge in [-0.3, -0.25) is 4.79 Å². The zero-order valence-electron chi connectivity index (χ0n) is 22.2. The number of fused-ring (bicyclic) bond motifs is 1. The summed E-state index contributed by atoms with van der Waals surface area (Å²) in [5, 5.41) is 0. The molecule has 1 aromatic carbocycles. The Labute approximate surface area is 217 Å². The van der Waals surface area contributed by atoms with Gasteiger partial charge >= 0.3 is 12.1 Å². The van der Waals surface area contributed by atoms with E-state index in [0.717, 1.165) is 32.8 Å². The van der Waals surface area contributed by atoms with Crippen LogP contribution in [0, 0.1) is 28.6 Å². The van der Waals surface area contributed by atoms with E-state index in [4.69, 9.17) is 9.47 Å². The van der Waals surface area contributed by atoms with E-state index >= 15 is 0 Å². The Morgan fingerprint density at radius 3 is 2.41 bits per heavy atom. The van der Waals surface area contributed by atoms with E-state index in [1.165, 1.54) is 42.0 Å². The van der Waals surface area contributed by atoms with Gasteiger partial charge in [0.2, 0.25) is 0 Å². The molecule has 0 unspecified atom stereocenters.